The molecule has 0 aliphatic heterocycles. The minimum Gasteiger partial charge on any atom is -0.480 e. The summed E-state index contributed by atoms with van der Waals surface area (Å²) in [5.41, 5.74) is 0. The fourth-order valence-electron chi connectivity index (χ4n) is 2.69. The third-order valence-corrected chi connectivity index (χ3v) is 3.57. The number of halogens is 3. The van der Waals surface area contributed by atoms with Crippen molar-refractivity contribution in [1.29, 1.82) is 0 Å². The van der Waals surface area contributed by atoms with Gasteiger partial charge < -0.3 is 14.9 Å². The van der Waals surface area contributed by atoms with Crippen LogP contribution in [0.2, 0.25) is 0 Å². The average Bonchev–Trinajstić information content (AvgIpc) is 2.37. The Balaban J connectivity index is 2.81. The molecule has 0 aromatic carbocycles. The molecule has 0 aromatic heterocycles. The lowest BCUT2D eigenvalue weighted by molar-refractivity contribution is -0.150. The van der Waals surface area contributed by atoms with Crippen LogP contribution in [0.3, 0.4) is 0 Å². The van der Waals surface area contributed by atoms with Gasteiger partial charge in [0.2, 0.25) is 0 Å². The Morgan fingerprint density at radius 3 is 2.19 bits per heavy atom. The van der Waals surface area contributed by atoms with E-state index >= 15 is 0 Å². The Labute approximate surface area is 121 Å². The number of alkyl halides is 3. The van der Waals surface area contributed by atoms with Crippen LogP contribution in [0, 0.1) is 0 Å². The number of hydrogen-bond acceptors (Lipinski definition) is 2. The number of carboxylic acid groups (broad SMARTS) is 1. The van der Waals surface area contributed by atoms with Crippen LogP contribution >= 0.6 is 0 Å². The first-order chi connectivity index (χ1) is 9.74. The smallest absolute Gasteiger partial charge is 0.406 e. The number of urea groups is 1. The Morgan fingerprint density at radius 1 is 1.19 bits per heavy atom. The zero-order valence-corrected chi connectivity index (χ0v) is 12.0. The SMILES string of the molecule is CCN(C(=O)N(CC(=O)O)CC(F)(F)F)C1CCCCC1. The molecule has 1 N–H and O–H groups in total. The number of aliphatic carboxylic acids is 1. The van der Waals surface area contributed by atoms with Gasteiger partial charge in [0.15, 0.2) is 0 Å². The van der Waals surface area contributed by atoms with Crippen molar-refractivity contribution in [3.8, 4) is 0 Å². The fraction of sp³-hybridized carbons (Fsp3) is 0.846. The van der Waals surface area contributed by atoms with Crippen molar-refractivity contribution in [2.45, 2.75) is 51.2 Å². The highest BCUT2D eigenvalue weighted by Gasteiger charge is 2.37. The minimum atomic E-state index is -4.61. The summed E-state index contributed by atoms with van der Waals surface area (Å²) in [4.78, 5) is 24.7. The summed E-state index contributed by atoms with van der Waals surface area (Å²) in [6.07, 6.45) is -0.168. The van der Waals surface area contributed by atoms with Crippen LogP contribution in [0.4, 0.5) is 18.0 Å². The van der Waals surface area contributed by atoms with E-state index in [1.165, 1.54) is 4.90 Å². The van der Waals surface area contributed by atoms with Crippen molar-refractivity contribution >= 4 is 12.0 Å². The van der Waals surface area contributed by atoms with E-state index < -0.39 is 31.3 Å². The second-order valence-electron chi connectivity index (χ2n) is 5.23. The van der Waals surface area contributed by atoms with Crippen LogP contribution in [0.5, 0.6) is 0 Å². The Bertz CT molecular complexity index is 368. The lowest BCUT2D eigenvalue weighted by Crippen LogP contribution is -2.52. The molecule has 0 aromatic rings. The van der Waals surface area contributed by atoms with Crippen molar-refractivity contribution in [3.05, 3.63) is 0 Å². The first kappa shape index (κ1) is 17.6. The van der Waals surface area contributed by atoms with E-state index in [-0.39, 0.29) is 12.6 Å². The van der Waals surface area contributed by atoms with Crippen molar-refractivity contribution in [3.63, 3.8) is 0 Å². The van der Waals surface area contributed by atoms with Gasteiger partial charge in [-0.25, -0.2) is 4.79 Å². The van der Waals surface area contributed by atoms with Gasteiger partial charge in [0.05, 0.1) is 0 Å². The lowest BCUT2D eigenvalue weighted by Gasteiger charge is -2.37. The highest BCUT2D eigenvalue weighted by atomic mass is 19.4. The van der Waals surface area contributed by atoms with E-state index in [0.29, 0.717) is 4.90 Å². The van der Waals surface area contributed by atoms with Crippen LogP contribution in [0.25, 0.3) is 0 Å². The lowest BCUT2D eigenvalue weighted by atomic mass is 9.94. The van der Waals surface area contributed by atoms with Gasteiger partial charge in [-0.2, -0.15) is 13.2 Å². The van der Waals surface area contributed by atoms with E-state index in [4.69, 9.17) is 5.11 Å². The zero-order chi connectivity index (χ0) is 16.0. The molecule has 0 saturated heterocycles. The maximum absolute atomic E-state index is 12.5. The maximum Gasteiger partial charge on any atom is 0.406 e. The Kier molecular flexibility index (Phi) is 6.29. The molecular weight excluding hydrogens is 289 g/mol. The average molecular weight is 310 g/mol. The molecule has 2 amide bonds. The molecule has 5 nitrogen and oxygen atoms in total. The Morgan fingerprint density at radius 2 is 1.76 bits per heavy atom. The first-order valence-electron chi connectivity index (χ1n) is 7.08. The normalized spacial score (nSPS) is 16.6. The fourth-order valence-corrected chi connectivity index (χ4v) is 2.69. The van der Waals surface area contributed by atoms with Gasteiger partial charge in [-0.1, -0.05) is 19.3 Å². The monoisotopic (exact) mass is 310 g/mol. The standard InChI is InChI=1S/C13H21F3N2O3/c1-2-18(10-6-4-3-5-7-10)12(21)17(8-11(19)20)9-13(14,15)16/h10H,2-9H2,1H3,(H,19,20). The molecule has 0 atom stereocenters. The number of carbonyl (C=O) groups is 2. The molecule has 0 bridgehead atoms. The molecule has 1 rings (SSSR count). The quantitative estimate of drug-likeness (QED) is 0.849. The zero-order valence-electron chi connectivity index (χ0n) is 12.0. The first-order valence-corrected chi connectivity index (χ1v) is 7.08. The molecule has 122 valence electrons. The second kappa shape index (κ2) is 7.51. The predicted octanol–water partition coefficient (Wildman–Crippen LogP) is 2.71. The third kappa shape index (κ3) is 5.81. The van der Waals surface area contributed by atoms with Crippen molar-refractivity contribution in [2.75, 3.05) is 19.6 Å². The highest BCUT2D eigenvalue weighted by Crippen LogP contribution is 2.24. The summed E-state index contributed by atoms with van der Waals surface area (Å²) in [5.74, 6) is -1.45. The number of carboxylic acids is 1. The van der Waals surface area contributed by atoms with Crippen LogP contribution in [-0.4, -0.2) is 58.8 Å². The largest absolute Gasteiger partial charge is 0.480 e. The van der Waals surface area contributed by atoms with Gasteiger partial charge in [-0.15, -0.1) is 0 Å². The molecule has 1 aliphatic rings. The van der Waals surface area contributed by atoms with Crippen molar-refractivity contribution in [2.24, 2.45) is 0 Å². The molecule has 21 heavy (non-hydrogen) atoms. The molecule has 0 radical (unpaired) electrons. The summed E-state index contributed by atoms with van der Waals surface area (Å²) in [6.45, 7) is -0.514. The van der Waals surface area contributed by atoms with Gasteiger partial charge >= 0.3 is 18.2 Å². The van der Waals surface area contributed by atoms with Gasteiger partial charge in [0, 0.05) is 12.6 Å². The molecule has 1 aliphatic carbocycles. The topological polar surface area (TPSA) is 60.9 Å². The number of rotatable bonds is 5. The number of carbonyl (C=O) groups excluding carboxylic acids is 1. The van der Waals surface area contributed by atoms with Crippen LogP contribution < -0.4 is 0 Å². The summed E-state index contributed by atoms with van der Waals surface area (Å²) >= 11 is 0. The summed E-state index contributed by atoms with van der Waals surface area (Å²) in [6, 6.07) is -0.940. The van der Waals surface area contributed by atoms with Gasteiger partial charge in [0.1, 0.15) is 13.1 Å². The molecule has 8 heteroatoms. The van der Waals surface area contributed by atoms with Crippen molar-refractivity contribution < 1.29 is 27.9 Å². The third-order valence-electron chi connectivity index (χ3n) is 3.57. The van der Waals surface area contributed by atoms with Crippen LogP contribution in [0.1, 0.15) is 39.0 Å². The van der Waals surface area contributed by atoms with Gasteiger partial charge in [0.25, 0.3) is 0 Å². The van der Waals surface area contributed by atoms with E-state index in [1.54, 1.807) is 6.92 Å². The number of hydrogen-bond donors (Lipinski definition) is 1. The van der Waals surface area contributed by atoms with E-state index in [1.807, 2.05) is 0 Å². The molecule has 0 unspecified atom stereocenters. The van der Waals surface area contributed by atoms with Crippen molar-refractivity contribution in [1.82, 2.24) is 9.80 Å². The summed E-state index contributed by atoms with van der Waals surface area (Å²) in [5, 5.41) is 8.71. The molecular formula is C13H21F3N2O3. The molecule has 1 saturated carbocycles. The predicted molar refractivity (Wildman–Crippen MR) is 69.9 cm³/mol. The van der Waals surface area contributed by atoms with E-state index in [0.717, 1.165) is 32.1 Å². The number of amides is 2. The van der Waals surface area contributed by atoms with Gasteiger partial charge in [-0.3, -0.25) is 4.79 Å². The maximum atomic E-state index is 12.5. The van der Waals surface area contributed by atoms with Gasteiger partial charge in [-0.05, 0) is 19.8 Å². The second-order valence-corrected chi connectivity index (χ2v) is 5.23. The molecule has 1 fully saturated rings. The highest BCUT2D eigenvalue weighted by molar-refractivity contribution is 5.80. The molecule has 0 spiro atoms. The summed E-state index contributed by atoms with van der Waals surface area (Å²) < 4.78 is 37.6. The Hall–Kier alpha value is -1.47. The van der Waals surface area contributed by atoms with E-state index in [9.17, 15) is 22.8 Å². The molecule has 0 heterocycles. The number of nitrogens with zero attached hydrogens (tertiary/aromatic N) is 2. The van der Waals surface area contributed by atoms with E-state index in [2.05, 4.69) is 0 Å². The minimum absolute atomic E-state index is 0.0965. The van der Waals surface area contributed by atoms with Crippen LogP contribution in [-0.2, 0) is 4.79 Å². The summed E-state index contributed by atoms with van der Waals surface area (Å²) in [7, 11) is 0. The van der Waals surface area contributed by atoms with Crippen LogP contribution in [0.15, 0.2) is 0 Å².